The predicted molar refractivity (Wildman–Crippen MR) is 73.8 cm³/mol. The van der Waals surface area contributed by atoms with Crippen molar-refractivity contribution in [1.29, 1.82) is 0 Å². The number of aryl methyl sites for hydroxylation is 3. The van der Waals surface area contributed by atoms with Crippen molar-refractivity contribution in [3.63, 3.8) is 0 Å². The number of ketones is 1. The van der Waals surface area contributed by atoms with Crippen LogP contribution in [0.25, 0.3) is 0 Å². The summed E-state index contributed by atoms with van der Waals surface area (Å²) in [6.45, 7) is 7.36. The second kappa shape index (κ2) is 4.86. The maximum atomic E-state index is 11.6. The summed E-state index contributed by atoms with van der Waals surface area (Å²) in [5.74, 6) is 0.0305. The maximum Gasteiger partial charge on any atom is 0.164 e. The average Bonchev–Trinajstić information content (AvgIpc) is 2.65. The number of nitrogens with zero attached hydrogens (tertiary/aromatic N) is 2. The van der Waals surface area contributed by atoms with Crippen molar-refractivity contribution in [2.75, 3.05) is 5.32 Å². The summed E-state index contributed by atoms with van der Waals surface area (Å²) in [6.07, 6.45) is 1.78. The molecule has 0 radical (unpaired) electrons. The van der Waals surface area contributed by atoms with Crippen LogP contribution in [0.15, 0.2) is 12.3 Å². The molecule has 0 fully saturated rings. The second-order valence-corrected chi connectivity index (χ2v) is 5.01. The Morgan fingerprint density at radius 1 is 1.28 bits per heavy atom. The molecule has 1 N–H and O–H groups in total. The first-order chi connectivity index (χ1) is 8.50. The van der Waals surface area contributed by atoms with E-state index in [4.69, 9.17) is 0 Å². The summed E-state index contributed by atoms with van der Waals surface area (Å²) < 4.78 is 4.23. The largest absolute Gasteiger partial charge is 0.344 e. The molecule has 0 amide bonds. The molecule has 0 aromatic carbocycles. The lowest BCUT2D eigenvalue weighted by molar-refractivity contribution is 0.101. The summed E-state index contributed by atoms with van der Waals surface area (Å²) in [7, 11) is 0. The van der Waals surface area contributed by atoms with Gasteiger partial charge in [0.25, 0.3) is 0 Å². The summed E-state index contributed by atoms with van der Waals surface area (Å²) in [5, 5.41) is 4.07. The fourth-order valence-corrected chi connectivity index (χ4v) is 2.72. The Labute approximate surface area is 110 Å². The molecule has 94 valence electrons. The molecule has 5 heteroatoms. The van der Waals surface area contributed by atoms with Crippen LogP contribution in [0.5, 0.6) is 0 Å². The zero-order valence-electron chi connectivity index (χ0n) is 10.9. The molecule has 0 spiro atoms. The monoisotopic (exact) mass is 261 g/mol. The molecule has 2 rings (SSSR count). The lowest BCUT2D eigenvalue weighted by Crippen LogP contribution is -2.01. The number of carbonyl (C=O) groups is 1. The molecule has 0 aliphatic rings. The molecule has 18 heavy (non-hydrogen) atoms. The van der Waals surface area contributed by atoms with Gasteiger partial charge in [0.2, 0.25) is 0 Å². The zero-order chi connectivity index (χ0) is 13.3. The van der Waals surface area contributed by atoms with E-state index < -0.39 is 0 Å². The first-order valence-corrected chi connectivity index (χ1v) is 6.44. The van der Waals surface area contributed by atoms with E-state index in [0.717, 1.165) is 27.6 Å². The third-order valence-corrected chi connectivity index (χ3v) is 3.66. The van der Waals surface area contributed by atoms with Crippen LogP contribution in [0.4, 0.5) is 10.7 Å². The number of Topliss-reactive ketones (excluding diaryl/α,β-unsaturated/α-hetero) is 1. The summed E-state index contributed by atoms with van der Waals surface area (Å²) in [4.78, 5) is 15.9. The minimum atomic E-state index is 0.0305. The van der Waals surface area contributed by atoms with E-state index in [1.165, 1.54) is 11.5 Å². The Bertz CT molecular complexity index is 584. The third kappa shape index (κ3) is 2.26. The van der Waals surface area contributed by atoms with Crippen molar-refractivity contribution in [2.24, 2.45) is 0 Å². The number of hydrogen-bond acceptors (Lipinski definition) is 5. The molecule has 2 aromatic heterocycles. The van der Waals surface area contributed by atoms with Crippen LogP contribution in [0.1, 0.15) is 34.2 Å². The summed E-state index contributed by atoms with van der Waals surface area (Å²) in [5.41, 5.74) is 4.40. The van der Waals surface area contributed by atoms with Crippen LogP contribution in [0.3, 0.4) is 0 Å². The van der Waals surface area contributed by atoms with Crippen molar-refractivity contribution >= 4 is 28.0 Å². The van der Waals surface area contributed by atoms with Crippen LogP contribution in [0.2, 0.25) is 0 Å². The van der Waals surface area contributed by atoms with Gasteiger partial charge in [-0.1, -0.05) is 0 Å². The molecule has 2 aromatic rings. The molecule has 0 saturated carbocycles. The van der Waals surface area contributed by atoms with E-state index in [-0.39, 0.29) is 5.78 Å². The normalized spacial score (nSPS) is 10.4. The van der Waals surface area contributed by atoms with E-state index in [2.05, 4.69) is 14.7 Å². The number of nitrogens with one attached hydrogen (secondary N) is 1. The highest BCUT2D eigenvalue weighted by atomic mass is 32.1. The van der Waals surface area contributed by atoms with Crippen molar-refractivity contribution in [3.8, 4) is 0 Å². The molecule has 0 bridgehead atoms. The fourth-order valence-electron chi connectivity index (χ4n) is 1.87. The van der Waals surface area contributed by atoms with E-state index in [1.807, 2.05) is 26.8 Å². The van der Waals surface area contributed by atoms with Gasteiger partial charge in [-0.3, -0.25) is 9.78 Å². The van der Waals surface area contributed by atoms with Gasteiger partial charge in [0.15, 0.2) is 5.78 Å². The number of pyridine rings is 1. The van der Waals surface area contributed by atoms with Crippen LogP contribution in [0, 0.1) is 20.8 Å². The van der Waals surface area contributed by atoms with Gasteiger partial charge in [-0.15, -0.1) is 0 Å². The predicted octanol–water partition coefficient (Wildman–Crippen LogP) is 3.41. The molecule has 0 unspecified atom stereocenters. The van der Waals surface area contributed by atoms with E-state index in [9.17, 15) is 4.79 Å². The van der Waals surface area contributed by atoms with Crippen molar-refractivity contribution in [2.45, 2.75) is 27.7 Å². The minimum absolute atomic E-state index is 0.0305. The van der Waals surface area contributed by atoms with Crippen molar-refractivity contribution in [3.05, 3.63) is 34.8 Å². The molecule has 0 aliphatic carbocycles. The maximum absolute atomic E-state index is 11.6. The summed E-state index contributed by atoms with van der Waals surface area (Å²) >= 11 is 1.31. The summed E-state index contributed by atoms with van der Waals surface area (Å²) in [6, 6.07) is 1.94. The SMILES string of the molecule is CC(=O)c1c(C)nsc1Nc1c(C)ccnc1C. The number of carbonyl (C=O) groups excluding carboxylic acids is 1. The van der Waals surface area contributed by atoms with Crippen LogP contribution in [-0.2, 0) is 0 Å². The highest BCUT2D eigenvalue weighted by Gasteiger charge is 2.16. The van der Waals surface area contributed by atoms with Crippen LogP contribution >= 0.6 is 11.5 Å². The molecule has 0 saturated heterocycles. The average molecular weight is 261 g/mol. The lowest BCUT2D eigenvalue weighted by atomic mass is 10.1. The van der Waals surface area contributed by atoms with Gasteiger partial charge in [-0.05, 0) is 50.9 Å². The highest BCUT2D eigenvalue weighted by Crippen LogP contribution is 2.30. The Morgan fingerprint density at radius 3 is 2.61 bits per heavy atom. The molecular formula is C13H15N3OS. The number of rotatable bonds is 3. The second-order valence-electron chi connectivity index (χ2n) is 4.24. The van der Waals surface area contributed by atoms with Gasteiger partial charge in [-0.2, -0.15) is 4.37 Å². The Balaban J connectivity index is 2.44. The molecular weight excluding hydrogens is 246 g/mol. The Morgan fingerprint density at radius 2 is 2.00 bits per heavy atom. The standard InChI is InChI=1S/C13H15N3OS/c1-7-5-6-14-9(3)12(7)15-13-11(10(4)17)8(2)16-18-13/h5-6,15H,1-4H3. The molecule has 0 aliphatic heterocycles. The highest BCUT2D eigenvalue weighted by molar-refractivity contribution is 7.10. The van der Waals surface area contributed by atoms with Crippen LogP contribution in [-0.4, -0.2) is 15.1 Å². The zero-order valence-corrected chi connectivity index (χ0v) is 11.7. The van der Waals surface area contributed by atoms with Crippen molar-refractivity contribution in [1.82, 2.24) is 9.36 Å². The van der Waals surface area contributed by atoms with Crippen molar-refractivity contribution < 1.29 is 4.79 Å². The Hall–Kier alpha value is -1.75. The quantitative estimate of drug-likeness (QED) is 0.860. The van der Waals surface area contributed by atoms with E-state index >= 15 is 0 Å². The topological polar surface area (TPSA) is 54.9 Å². The molecule has 0 atom stereocenters. The van der Waals surface area contributed by atoms with Gasteiger partial charge >= 0.3 is 0 Å². The van der Waals surface area contributed by atoms with Crippen LogP contribution < -0.4 is 5.32 Å². The first kappa shape index (κ1) is 12.7. The number of anilines is 2. The smallest absolute Gasteiger partial charge is 0.164 e. The van der Waals surface area contributed by atoms with E-state index in [0.29, 0.717) is 5.56 Å². The minimum Gasteiger partial charge on any atom is -0.344 e. The first-order valence-electron chi connectivity index (χ1n) is 5.67. The fraction of sp³-hybridized carbons (Fsp3) is 0.308. The van der Waals surface area contributed by atoms with E-state index in [1.54, 1.807) is 13.1 Å². The number of hydrogen-bond donors (Lipinski definition) is 1. The molecule has 4 nitrogen and oxygen atoms in total. The van der Waals surface area contributed by atoms with Gasteiger partial charge in [-0.25, -0.2) is 0 Å². The Kier molecular flexibility index (Phi) is 3.43. The molecule has 2 heterocycles. The van der Waals surface area contributed by atoms with Gasteiger partial charge in [0, 0.05) is 6.20 Å². The van der Waals surface area contributed by atoms with Gasteiger partial charge in [0.1, 0.15) is 5.00 Å². The number of aromatic nitrogens is 2. The van der Waals surface area contributed by atoms with Gasteiger partial charge < -0.3 is 5.32 Å². The van der Waals surface area contributed by atoms with Gasteiger partial charge in [0.05, 0.1) is 22.6 Å². The third-order valence-electron chi connectivity index (χ3n) is 2.80. The lowest BCUT2D eigenvalue weighted by Gasteiger charge is -2.10.